The topological polar surface area (TPSA) is 41.6 Å². The van der Waals surface area contributed by atoms with Crippen LogP contribution in [0.25, 0.3) is 0 Å². The molecular weight excluding hydrogens is 296 g/mol. The molecule has 2 rings (SSSR count). The van der Waals surface area contributed by atoms with E-state index in [1.165, 1.54) is 17.2 Å². The molecule has 0 spiro atoms. The van der Waals surface area contributed by atoms with Gasteiger partial charge in [-0.25, -0.2) is 0 Å². The summed E-state index contributed by atoms with van der Waals surface area (Å²) in [5.74, 6) is 2.54. The Balaban J connectivity index is 1.70. The Bertz CT molecular complexity index is 444. The van der Waals surface area contributed by atoms with Gasteiger partial charge in [-0.05, 0) is 30.5 Å². The van der Waals surface area contributed by atoms with Crippen molar-refractivity contribution in [3.63, 3.8) is 0 Å². The summed E-state index contributed by atoms with van der Waals surface area (Å²) in [5, 5.41) is 2.98. The van der Waals surface area contributed by atoms with Crippen LogP contribution in [0.2, 0.25) is 0 Å². The van der Waals surface area contributed by atoms with Gasteiger partial charge in [-0.2, -0.15) is 11.8 Å². The normalized spacial score (nSPS) is 14.9. The minimum atomic E-state index is 0.119. The van der Waals surface area contributed by atoms with E-state index in [2.05, 4.69) is 34.5 Å². The number of thioether (sulfide) groups is 1. The first-order valence-corrected chi connectivity index (χ1v) is 9.12. The molecule has 1 saturated heterocycles. The second-order valence-corrected chi connectivity index (χ2v) is 6.72. The third kappa shape index (κ3) is 5.89. The molecule has 1 aromatic rings. The molecule has 0 saturated carbocycles. The predicted molar refractivity (Wildman–Crippen MR) is 93.6 cm³/mol. The lowest BCUT2D eigenvalue weighted by Crippen LogP contribution is -2.32. The van der Waals surface area contributed by atoms with Gasteiger partial charge in [0.15, 0.2) is 0 Å². The Morgan fingerprint density at radius 2 is 1.95 bits per heavy atom. The second kappa shape index (κ2) is 9.74. The highest BCUT2D eigenvalue weighted by atomic mass is 32.2. The van der Waals surface area contributed by atoms with Crippen molar-refractivity contribution in [3.8, 4) is 0 Å². The van der Waals surface area contributed by atoms with Crippen molar-refractivity contribution in [3.05, 3.63) is 29.8 Å². The number of hydrogen-bond donors (Lipinski definition) is 1. The van der Waals surface area contributed by atoms with E-state index in [1.807, 2.05) is 11.8 Å². The fourth-order valence-corrected chi connectivity index (χ4v) is 3.37. The van der Waals surface area contributed by atoms with Crippen LogP contribution < -0.4 is 10.2 Å². The van der Waals surface area contributed by atoms with Crippen LogP contribution in [0.1, 0.15) is 24.8 Å². The molecule has 5 heteroatoms. The zero-order valence-corrected chi connectivity index (χ0v) is 14.2. The van der Waals surface area contributed by atoms with Crippen molar-refractivity contribution in [2.75, 3.05) is 43.2 Å². The molecule has 1 N–H and O–H groups in total. The maximum atomic E-state index is 11.7. The molecule has 1 heterocycles. The van der Waals surface area contributed by atoms with E-state index in [9.17, 15) is 4.79 Å². The number of nitrogens with zero attached hydrogens (tertiary/aromatic N) is 1. The third-order valence-electron chi connectivity index (χ3n) is 3.80. The molecule has 0 radical (unpaired) electrons. The highest BCUT2D eigenvalue weighted by molar-refractivity contribution is 7.99. The summed E-state index contributed by atoms with van der Waals surface area (Å²) in [5.41, 5.74) is 2.44. The second-order valence-electron chi connectivity index (χ2n) is 5.49. The van der Waals surface area contributed by atoms with Gasteiger partial charge in [0.2, 0.25) is 5.91 Å². The summed E-state index contributed by atoms with van der Waals surface area (Å²) in [7, 11) is 1.69. The Morgan fingerprint density at radius 1 is 1.23 bits per heavy atom. The van der Waals surface area contributed by atoms with E-state index >= 15 is 0 Å². The standard InChI is InChI=1S/C17H26N2O2S/c1-21-11-3-2-4-17(20)18-14-15-5-7-16(8-6-15)19-9-12-22-13-10-19/h5-8H,2-4,9-14H2,1H3,(H,18,20). The number of methoxy groups -OCH3 is 1. The molecule has 0 unspecified atom stereocenters. The molecule has 1 fully saturated rings. The first-order valence-electron chi connectivity index (χ1n) is 7.97. The quantitative estimate of drug-likeness (QED) is 0.747. The SMILES string of the molecule is COCCCCC(=O)NCc1ccc(N2CCSCC2)cc1. The van der Waals surface area contributed by atoms with Crippen LogP contribution in [0.3, 0.4) is 0 Å². The van der Waals surface area contributed by atoms with Crippen LogP contribution in [0, 0.1) is 0 Å². The number of carbonyl (C=O) groups is 1. The van der Waals surface area contributed by atoms with Gasteiger partial charge >= 0.3 is 0 Å². The summed E-state index contributed by atoms with van der Waals surface area (Å²) >= 11 is 2.02. The first-order chi connectivity index (χ1) is 10.8. The van der Waals surface area contributed by atoms with Crippen LogP contribution in [0.15, 0.2) is 24.3 Å². The Kier molecular flexibility index (Phi) is 7.60. The summed E-state index contributed by atoms with van der Waals surface area (Å²) in [4.78, 5) is 14.2. The minimum absolute atomic E-state index is 0.119. The smallest absolute Gasteiger partial charge is 0.220 e. The van der Waals surface area contributed by atoms with Crippen LogP contribution in [0.4, 0.5) is 5.69 Å². The number of ether oxygens (including phenoxy) is 1. The number of benzene rings is 1. The van der Waals surface area contributed by atoms with Gasteiger partial charge in [-0.1, -0.05) is 12.1 Å². The van der Waals surface area contributed by atoms with E-state index in [0.29, 0.717) is 13.0 Å². The van der Waals surface area contributed by atoms with Crippen molar-refractivity contribution in [2.45, 2.75) is 25.8 Å². The molecule has 0 aromatic heterocycles. The largest absolute Gasteiger partial charge is 0.385 e. The Labute approximate surface area is 137 Å². The number of rotatable bonds is 8. The number of anilines is 1. The maximum absolute atomic E-state index is 11.7. The van der Waals surface area contributed by atoms with E-state index in [0.717, 1.165) is 38.1 Å². The number of unbranched alkanes of at least 4 members (excludes halogenated alkanes) is 1. The zero-order valence-electron chi connectivity index (χ0n) is 13.3. The maximum Gasteiger partial charge on any atom is 0.220 e. The summed E-state index contributed by atoms with van der Waals surface area (Å²) < 4.78 is 4.98. The van der Waals surface area contributed by atoms with Crippen LogP contribution in [-0.2, 0) is 16.1 Å². The fraction of sp³-hybridized carbons (Fsp3) is 0.588. The predicted octanol–water partition coefficient (Wildman–Crippen LogP) is 2.67. The number of hydrogen-bond acceptors (Lipinski definition) is 4. The summed E-state index contributed by atoms with van der Waals surface area (Å²) in [6, 6.07) is 8.55. The zero-order chi connectivity index (χ0) is 15.6. The van der Waals surface area contributed by atoms with Gasteiger partial charge in [0.1, 0.15) is 0 Å². The van der Waals surface area contributed by atoms with Gasteiger partial charge in [0.25, 0.3) is 0 Å². The van der Waals surface area contributed by atoms with E-state index in [4.69, 9.17) is 4.74 Å². The molecule has 1 aromatic carbocycles. The molecule has 1 amide bonds. The molecular formula is C17H26N2O2S. The number of carbonyl (C=O) groups excluding carboxylic acids is 1. The van der Waals surface area contributed by atoms with Gasteiger partial charge < -0.3 is 15.0 Å². The lowest BCUT2D eigenvalue weighted by molar-refractivity contribution is -0.121. The minimum Gasteiger partial charge on any atom is -0.385 e. The Morgan fingerprint density at radius 3 is 2.64 bits per heavy atom. The molecule has 0 atom stereocenters. The lowest BCUT2D eigenvalue weighted by atomic mass is 10.2. The van der Waals surface area contributed by atoms with Gasteiger partial charge in [0, 0.05) is 57.0 Å². The van der Waals surface area contributed by atoms with Gasteiger partial charge in [-0.3, -0.25) is 4.79 Å². The summed E-state index contributed by atoms with van der Waals surface area (Å²) in [6.07, 6.45) is 2.39. The monoisotopic (exact) mass is 322 g/mol. The van der Waals surface area contributed by atoms with E-state index in [1.54, 1.807) is 7.11 Å². The number of amides is 1. The Hall–Kier alpha value is -1.20. The molecule has 0 aliphatic carbocycles. The van der Waals surface area contributed by atoms with Crippen molar-refractivity contribution in [1.82, 2.24) is 5.32 Å². The average molecular weight is 322 g/mol. The van der Waals surface area contributed by atoms with Crippen molar-refractivity contribution in [1.29, 1.82) is 0 Å². The van der Waals surface area contributed by atoms with E-state index in [-0.39, 0.29) is 5.91 Å². The third-order valence-corrected chi connectivity index (χ3v) is 4.75. The van der Waals surface area contributed by atoms with Crippen LogP contribution in [-0.4, -0.2) is 44.2 Å². The molecule has 4 nitrogen and oxygen atoms in total. The highest BCUT2D eigenvalue weighted by Crippen LogP contribution is 2.19. The fourth-order valence-electron chi connectivity index (χ4n) is 2.47. The van der Waals surface area contributed by atoms with E-state index < -0.39 is 0 Å². The highest BCUT2D eigenvalue weighted by Gasteiger charge is 2.10. The van der Waals surface area contributed by atoms with Crippen molar-refractivity contribution >= 4 is 23.4 Å². The van der Waals surface area contributed by atoms with Crippen molar-refractivity contribution in [2.24, 2.45) is 0 Å². The molecule has 1 aliphatic heterocycles. The van der Waals surface area contributed by atoms with Gasteiger partial charge in [-0.15, -0.1) is 0 Å². The number of nitrogens with one attached hydrogen (secondary N) is 1. The molecule has 1 aliphatic rings. The van der Waals surface area contributed by atoms with Gasteiger partial charge in [0.05, 0.1) is 0 Å². The van der Waals surface area contributed by atoms with Crippen molar-refractivity contribution < 1.29 is 9.53 Å². The summed E-state index contributed by atoms with van der Waals surface area (Å²) in [6.45, 7) is 3.59. The molecule has 0 bridgehead atoms. The van der Waals surface area contributed by atoms with Crippen LogP contribution >= 0.6 is 11.8 Å². The van der Waals surface area contributed by atoms with Crippen LogP contribution in [0.5, 0.6) is 0 Å². The first kappa shape index (κ1) is 17.2. The molecule has 22 heavy (non-hydrogen) atoms. The molecule has 122 valence electrons. The average Bonchev–Trinajstić information content (AvgIpc) is 2.58. The lowest BCUT2D eigenvalue weighted by Gasteiger charge is -2.28.